The van der Waals surface area contributed by atoms with Crippen molar-refractivity contribution in [3.8, 4) is 5.75 Å². The zero-order valence-corrected chi connectivity index (χ0v) is 15.0. The number of hydrogen-bond acceptors (Lipinski definition) is 4. The van der Waals surface area contributed by atoms with Gasteiger partial charge >= 0.3 is 0 Å². The Morgan fingerprint density at radius 3 is 2.22 bits per heavy atom. The van der Waals surface area contributed by atoms with Crippen LogP contribution in [-0.2, 0) is 0 Å². The van der Waals surface area contributed by atoms with Gasteiger partial charge < -0.3 is 4.74 Å². The molecular formula is C23H19N3O. The van der Waals surface area contributed by atoms with Crippen molar-refractivity contribution in [2.45, 2.75) is 0 Å². The molecule has 0 unspecified atom stereocenters. The number of benzene rings is 4. The van der Waals surface area contributed by atoms with Crippen LogP contribution >= 0.6 is 0 Å². The van der Waals surface area contributed by atoms with Crippen molar-refractivity contribution in [2.24, 2.45) is 0 Å². The third-order valence-electron chi connectivity index (χ3n) is 4.87. The molecule has 27 heavy (non-hydrogen) atoms. The Balaban J connectivity index is 1.69. The number of para-hydroxylation sites is 1. The van der Waals surface area contributed by atoms with E-state index in [0.29, 0.717) is 0 Å². The lowest BCUT2D eigenvalue weighted by Crippen LogP contribution is -2.38. The molecule has 5 rings (SSSR count). The summed E-state index contributed by atoms with van der Waals surface area (Å²) < 4.78 is 5.31. The minimum Gasteiger partial charge on any atom is -0.497 e. The van der Waals surface area contributed by atoms with Gasteiger partial charge in [0.1, 0.15) is 5.75 Å². The highest BCUT2D eigenvalue weighted by atomic mass is 16.5. The van der Waals surface area contributed by atoms with Crippen LogP contribution in [0.4, 0.5) is 22.7 Å². The molecule has 0 spiro atoms. The summed E-state index contributed by atoms with van der Waals surface area (Å²) in [6, 6.07) is 31.2. The van der Waals surface area contributed by atoms with Gasteiger partial charge in [-0.05, 0) is 47.9 Å². The average molecular weight is 353 g/mol. The van der Waals surface area contributed by atoms with Crippen LogP contribution in [0.3, 0.4) is 0 Å². The third kappa shape index (κ3) is 2.54. The van der Waals surface area contributed by atoms with Gasteiger partial charge in [-0.1, -0.05) is 48.5 Å². The molecule has 1 N–H and O–H groups in total. The first-order valence-electron chi connectivity index (χ1n) is 8.93. The molecule has 132 valence electrons. The van der Waals surface area contributed by atoms with Gasteiger partial charge in [-0.15, -0.1) is 0 Å². The maximum Gasteiger partial charge on any atom is 0.119 e. The van der Waals surface area contributed by atoms with Crippen LogP contribution in [0.5, 0.6) is 5.75 Å². The van der Waals surface area contributed by atoms with Gasteiger partial charge in [0.15, 0.2) is 0 Å². The van der Waals surface area contributed by atoms with Crippen LogP contribution in [0.1, 0.15) is 0 Å². The maximum absolute atomic E-state index is 5.31. The number of anilines is 4. The SMILES string of the molecule is COc1ccc(N2Nc3c(ccc4ccccc34)N2c2ccccc2)cc1. The molecule has 4 aromatic carbocycles. The molecule has 1 heterocycles. The molecule has 4 nitrogen and oxygen atoms in total. The van der Waals surface area contributed by atoms with Gasteiger partial charge in [-0.3, -0.25) is 5.43 Å². The van der Waals surface area contributed by atoms with E-state index in [0.717, 1.165) is 28.5 Å². The van der Waals surface area contributed by atoms with Gasteiger partial charge in [-0.25, -0.2) is 5.01 Å². The number of methoxy groups -OCH3 is 1. The average Bonchev–Trinajstić information content (AvgIpc) is 3.14. The number of ether oxygens (including phenoxy) is 1. The van der Waals surface area contributed by atoms with E-state index in [2.05, 4.69) is 88.3 Å². The Morgan fingerprint density at radius 2 is 1.44 bits per heavy atom. The summed E-state index contributed by atoms with van der Waals surface area (Å²) in [6.45, 7) is 0. The summed E-state index contributed by atoms with van der Waals surface area (Å²) >= 11 is 0. The van der Waals surface area contributed by atoms with Crippen LogP contribution in [0.2, 0.25) is 0 Å². The highest BCUT2D eigenvalue weighted by Gasteiger charge is 2.30. The molecule has 0 aromatic heterocycles. The maximum atomic E-state index is 5.31. The van der Waals surface area contributed by atoms with Gasteiger partial charge in [0, 0.05) is 5.39 Å². The normalized spacial score (nSPS) is 12.8. The Labute approximate surface area is 158 Å². The van der Waals surface area contributed by atoms with Crippen molar-refractivity contribution in [2.75, 3.05) is 22.7 Å². The Morgan fingerprint density at radius 1 is 0.704 bits per heavy atom. The standard InChI is InChI=1S/C23H19N3O/c1-27-20-14-12-19(13-15-20)26-24-23-21-10-6-5-7-17(21)11-16-22(23)25(26)18-8-3-2-4-9-18/h2-16,24H,1H3. The molecule has 1 aliphatic heterocycles. The van der Waals surface area contributed by atoms with Crippen molar-refractivity contribution in [1.29, 1.82) is 0 Å². The molecule has 0 bridgehead atoms. The van der Waals surface area contributed by atoms with Crippen LogP contribution in [0, 0.1) is 0 Å². The van der Waals surface area contributed by atoms with E-state index in [1.165, 1.54) is 10.8 Å². The first kappa shape index (κ1) is 15.6. The van der Waals surface area contributed by atoms with E-state index >= 15 is 0 Å². The summed E-state index contributed by atoms with van der Waals surface area (Å²) in [5.41, 5.74) is 7.94. The number of nitrogens with zero attached hydrogens (tertiary/aromatic N) is 2. The van der Waals surface area contributed by atoms with Crippen molar-refractivity contribution in [3.05, 3.63) is 91.0 Å². The molecule has 0 aliphatic carbocycles. The van der Waals surface area contributed by atoms with E-state index in [1.54, 1.807) is 7.11 Å². The van der Waals surface area contributed by atoms with Crippen molar-refractivity contribution < 1.29 is 4.74 Å². The van der Waals surface area contributed by atoms with E-state index < -0.39 is 0 Å². The van der Waals surface area contributed by atoms with Crippen molar-refractivity contribution in [1.82, 2.24) is 0 Å². The first-order valence-corrected chi connectivity index (χ1v) is 8.93. The number of hydrogen-bond donors (Lipinski definition) is 1. The fourth-order valence-corrected chi connectivity index (χ4v) is 3.54. The molecule has 0 saturated carbocycles. The van der Waals surface area contributed by atoms with Crippen LogP contribution in [0.15, 0.2) is 91.0 Å². The molecule has 1 aliphatic rings. The Hall–Kier alpha value is -3.66. The fourth-order valence-electron chi connectivity index (χ4n) is 3.54. The predicted molar refractivity (Wildman–Crippen MR) is 112 cm³/mol. The number of fused-ring (bicyclic) bond motifs is 3. The Bertz CT molecular complexity index is 1090. The fraction of sp³-hybridized carbons (Fsp3) is 0.0435. The molecule has 0 atom stereocenters. The second kappa shape index (κ2) is 6.25. The topological polar surface area (TPSA) is 27.7 Å². The number of nitrogens with one attached hydrogen (secondary N) is 1. The lowest BCUT2D eigenvalue weighted by Gasteiger charge is -2.31. The zero-order chi connectivity index (χ0) is 18.2. The van der Waals surface area contributed by atoms with E-state index in [9.17, 15) is 0 Å². The largest absolute Gasteiger partial charge is 0.497 e. The third-order valence-corrected chi connectivity index (χ3v) is 4.87. The van der Waals surface area contributed by atoms with Crippen LogP contribution in [-0.4, -0.2) is 7.11 Å². The minimum absolute atomic E-state index is 0.840. The van der Waals surface area contributed by atoms with Gasteiger partial charge in [0.25, 0.3) is 0 Å². The van der Waals surface area contributed by atoms with Gasteiger partial charge in [0.05, 0.1) is 29.9 Å². The lowest BCUT2D eigenvalue weighted by atomic mass is 10.1. The van der Waals surface area contributed by atoms with Crippen molar-refractivity contribution >= 4 is 33.5 Å². The molecule has 0 amide bonds. The van der Waals surface area contributed by atoms with Gasteiger partial charge in [-0.2, -0.15) is 5.12 Å². The van der Waals surface area contributed by atoms with E-state index in [4.69, 9.17) is 4.74 Å². The van der Waals surface area contributed by atoms with Crippen molar-refractivity contribution in [3.63, 3.8) is 0 Å². The summed E-state index contributed by atoms with van der Waals surface area (Å²) in [4.78, 5) is 0. The first-order chi connectivity index (χ1) is 13.3. The van der Waals surface area contributed by atoms with Crippen LogP contribution < -0.4 is 20.3 Å². The molecule has 0 radical (unpaired) electrons. The smallest absolute Gasteiger partial charge is 0.119 e. The van der Waals surface area contributed by atoms with E-state index in [-0.39, 0.29) is 0 Å². The summed E-state index contributed by atoms with van der Waals surface area (Å²) in [7, 11) is 1.68. The second-order valence-corrected chi connectivity index (χ2v) is 6.45. The van der Waals surface area contributed by atoms with Crippen LogP contribution in [0.25, 0.3) is 10.8 Å². The second-order valence-electron chi connectivity index (χ2n) is 6.45. The summed E-state index contributed by atoms with van der Waals surface area (Å²) in [6.07, 6.45) is 0. The monoisotopic (exact) mass is 353 g/mol. The molecule has 0 fully saturated rings. The zero-order valence-electron chi connectivity index (χ0n) is 15.0. The summed E-state index contributed by atoms with van der Waals surface area (Å²) in [5.74, 6) is 0.840. The highest BCUT2D eigenvalue weighted by molar-refractivity contribution is 6.04. The minimum atomic E-state index is 0.840. The quantitative estimate of drug-likeness (QED) is 0.508. The molecule has 0 saturated heterocycles. The Kier molecular flexibility index (Phi) is 3.61. The predicted octanol–water partition coefficient (Wildman–Crippen LogP) is 5.75. The molecule has 4 heteroatoms. The van der Waals surface area contributed by atoms with Gasteiger partial charge in [0.2, 0.25) is 0 Å². The summed E-state index contributed by atoms with van der Waals surface area (Å²) in [5, 5.41) is 6.69. The molecule has 4 aromatic rings. The highest BCUT2D eigenvalue weighted by Crippen LogP contribution is 2.45. The van der Waals surface area contributed by atoms with E-state index in [1.807, 2.05) is 18.2 Å². The lowest BCUT2D eigenvalue weighted by molar-refractivity contribution is 0.415. The number of rotatable bonds is 3. The number of hydrazine groups is 2. The molecular weight excluding hydrogens is 334 g/mol.